The molecule has 5 rings (SSSR count). The molecule has 2 heterocycles. The lowest BCUT2D eigenvalue weighted by Gasteiger charge is -2.23. The molecule has 1 aliphatic rings. The molecule has 0 spiro atoms. The number of ether oxygens (including phenoxy) is 2. The van der Waals surface area contributed by atoms with Crippen LogP contribution in [0.1, 0.15) is 34.5 Å². The maximum absolute atomic E-state index is 13.5. The number of benzene rings is 3. The first-order chi connectivity index (χ1) is 18.7. The molecule has 0 aliphatic carbocycles. The molecule has 3 aromatic carbocycles. The van der Waals surface area contributed by atoms with Gasteiger partial charge in [0, 0.05) is 5.56 Å². The number of aromatic nitrogens is 2. The molecule has 0 bridgehead atoms. The fourth-order valence-electron chi connectivity index (χ4n) is 4.49. The largest absolute Gasteiger partial charge is 0.507 e. The zero-order valence-corrected chi connectivity index (χ0v) is 21.5. The maximum Gasteiger partial charge on any atom is 0.335 e. The topological polar surface area (TPSA) is 142 Å². The van der Waals surface area contributed by atoms with Gasteiger partial charge in [-0.25, -0.2) is 9.78 Å². The number of carboxylic acid groups (broad SMARTS) is 1. The number of rotatable bonds is 7. The van der Waals surface area contributed by atoms with Gasteiger partial charge in [-0.05, 0) is 61.0 Å². The zero-order valence-electron chi connectivity index (χ0n) is 20.8. The predicted octanol–water partition coefficient (Wildman–Crippen LogP) is 4.95. The molecule has 0 saturated carbocycles. The number of aromatic amines is 1. The van der Waals surface area contributed by atoms with E-state index in [2.05, 4.69) is 9.97 Å². The Balaban J connectivity index is 1.72. The molecule has 1 amide bonds. The van der Waals surface area contributed by atoms with E-state index in [1.54, 1.807) is 31.2 Å². The number of carboxylic acids is 1. The van der Waals surface area contributed by atoms with E-state index in [4.69, 9.17) is 21.1 Å². The van der Waals surface area contributed by atoms with Crippen molar-refractivity contribution in [3.8, 4) is 11.5 Å². The van der Waals surface area contributed by atoms with Gasteiger partial charge in [0.25, 0.3) is 5.78 Å². The minimum absolute atomic E-state index is 0.00706. The summed E-state index contributed by atoms with van der Waals surface area (Å²) in [5, 5.41) is 21.1. The molecule has 3 N–H and O–H groups in total. The number of carbonyl (C=O) groups is 3. The molecule has 1 atom stereocenters. The summed E-state index contributed by atoms with van der Waals surface area (Å²) in [6.45, 7) is 2.11. The number of imidazole rings is 1. The van der Waals surface area contributed by atoms with E-state index in [0.717, 1.165) is 4.90 Å². The normalized spacial score (nSPS) is 16.6. The van der Waals surface area contributed by atoms with Crippen LogP contribution in [-0.4, -0.2) is 51.6 Å². The molecule has 198 valence electrons. The molecule has 0 radical (unpaired) electrons. The van der Waals surface area contributed by atoms with Crippen LogP contribution in [-0.2, 0) is 9.59 Å². The third-order valence-electron chi connectivity index (χ3n) is 6.30. The van der Waals surface area contributed by atoms with E-state index >= 15 is 0 Å². The number of methoxy groups -OCH3 is 1. The van der Waals surface area contributed by atoms with Crippen LogP contribution in [0.3, 0.4) is 0 Å². The smallest absolute Gasteiger partial charge is 0.335 e. The van der Waals surface area contributed by atoms with Crippen molar-refractivity contribution in [2.75, 3.05) is 18.6 Å². The van der Waals surface area contributed by atoms with Gasteiger partial charge in [-0.15, -0.1) is 0 Å². The number of fused-ring (bicyclic) bond motifs is 1. The van der Waals surface area contributed by atoms with E-state index in [-0.39, 0.29) is 22.6 Å². The number of nitrogens with one attached hydrogen (secondary N) is 1. The van der Waals surface area contributed by atoms with Crippen LogP contribution in [0.25, 0.3) is 16.8 Å². The highest BCUT2D eigenvalue weighted by Gasteiger charge is 2.48. The SMILES string of the molecule is CCOc1cc(/C(O)=C2\C(=O)C(=O)N(c3nc4ccc(C(=O)O)cc4[nH]3)C2c2cccc(OC)c2)ccc1Cl. The Labute approximate surface area is 227 Å². The van der Waals surface area contributed by atoms with Gasteiger partial charge in [0.05, 0.1) is 47.0 Å². The van der Waals surface area contributed by atoms with Gasteiger partial charge in [-0.3, -0.25) is 14.5 Å². The van der Waals surface area contributed by atoms with Crippen molar-refractivity contribution in [1.29, 1.82) is 0 Å². The van der Waals surface area contributed by atoms with Gasteiger partial charge < -0.3 is 24.7 Å². The lowest BCUT2D eigenvalue weighted by molar-refractivity contribution is -0.132. The van der Waals surface area contributed by atoms with Crippen molar-refractivity contribution >= 4 is 52.0 Å². The number of hydrogen-bond acceptors (Lipinski definition) is 7. The lowest BCUT2D eigenvalue weighted by Crippen LogP contribution is -2.30. The molecule has 1 unspecified atom stereocenters. The van der Waals surface area contributed by atoms with E-state index in [9.17, 15) is 24.6 Å². The van der Waals surface area contributed by atoms with Gasteiger partial charge in [-0.1, -0.05) is 23.7 Å². The van der Waals surface area contributed by atoms with Crippen molar-refractivity contribution < 1.29 is 34.1 Å². The van der Waals surface area contributed by atoms with Crippen LogP contribution < -0.4 is 14.4 Å². The zero-order chi connectivity index (χ0) is 27.8. The lowest BCUT2D eigenvalue weighted by atomic mass is 9.95. The Morgan fingerprint density at radius 1 is 1.08 bits per heavy atom. The van der Waals surface area contributed by atoms with Crippen LogP contribution in [0.4, 0.5) is 5.95 Å². The van der Waals surface area contributed by atoms with E-state index < -0.39 is 29.5 Å². The summed E-state index contributed by atoms with van der Waals surface area (Å²) in [5.74, 6) is -2.63. The van der Waals surface area contributed by atoms with Gasteiger partial charge >= 0.3 is 11.9 Å². The van der Waals surface area contributed by atoms with Crippen LogP contribution >= 0.6 is 11.6 Å². The summed E-state index contributed by atoms with van der Waals surface area (Å²) in [6.07, 6.45) is 0. The van der Waals surface area contributed by atoms with E-state index in [1.165, 1.54) is 43.5 Å². The number of nitrogens with zero attached hydrogens (tertiary/aromatic N) is 2. The van der Waals surface area contributed by atoms with Crippen LogP contribution in [0.15, 0.2) is 66.2 Å². The summed E-state index contributed by atoms with van der Waals surface area (Å²) in [7, 11) is 1.48. The quantitative estimate of drug-likeness (QED) is 0.168. The minimum Gasteiger partial charge on any atom is -0.507 e. The van der Waals surface area contributed by atoms with Gasteiger partial charge in [0.15, 0.2) is 0 Å². The summed E-state index contributed by atoms with van der Waals surface area (Å²) >= 11 is 6.21. The average molecular weight is 548 g/mol. The standard InChI is InChI=1S/C28H22ClN3O7/c1-3-39-21-13-15(7-9-18(21)29)24(33)22-23(14-5-4-6-17(11-14)38-2)32(26(35)25(22)34)28-30-19-10-8-16(27(36)37)12-20(19)31-28/h4-13,23,33H,3H2,1-2H3,(H,30,31)(H,36,37)/b24-22+. The summed E-state index contributed by atoms with van der Waals surface area (Å²) < 4.78 is 10.9. The fraction of sp³-hybridized carbons (Fsp3) is 0.143. The molecule has 1 aromatic heterocycles. The Kier molecular flexibility index (Phi) is 6.71. The maximum atomic E-state index is 13.5. The highest BCUT2D eigenvalue weighted by molar-refractivity contribution is 6.51. The third kappa shape index (κ3) is 4.55. The second-order valence-electron chi connectivity index (χ2n) is 8.62. The number of Topliss-reactive ketones (excluding diaryl/α,β-unsaturated/α-hetero) is 1. The predicted molar refractivity (Wildman–Crippen MR) is 143 cm³/mol. The fourth-order valence-corrected chi connectivity index (χ4v) is 4.67. The van der Waals surface area contributed by atoms with Crippen LogP contribution in [0, 0.1) is 0 Å². The van der Waals surface area contributed by atoms with E-state index in [0.29, 0.717) is 39.7 Å². The number of halogens is 1. The summed E-state index contributed by atoms with van der Waals surface area (Å²) in [5.41, 5.74) is 1.29. The molecular weight excluding hydrogens is 526 g/mol. The number of anilines is 1. The van der Waals surface area contributed by atoms with Crippen molar-refractivity contribution in [2.45, 2.75) is 13.0 Å². The van der Waals surface area contributed by atoms with Crippen molar-refractivity contribution in [2.24, 2.45) is 0 Å². The van der Waals surface area contributed by atoms with Gasteiger partial charge in [-0.2, -0.15) is 0 Å². The first-order valence-corrected chi connectivity index (χ1v) is 12.2. The molecule has 1 fully saturated rings. The number of aliphatic hydroxyl groups excluding tert-OH is 1. The van der Waals surface area contributed by atoms with Gasteiger partial charge in [0.2, 0.25) is 5.95 Å². The molecular formula is C28H22ClN3O7. The number of amides is 1. The molecule has 39 heavy (non-hydrogen) atoms. The third-order valence-corrected chi connectivity index (χ3v) is 6.62. The second-order valence-corrected chi connectivity index (χ2v) is 9.03. The van der Waals surface area contributed by atoms with Crippen molar-refractivity contribution in [3.05, 3.63) is 87.9 Å². The number of H-pyrrole nitrogens is 1. The summed E-state index contributed by atoms with van der Waals surface area (Å²) in [6, 6.07) is 14.5. The molecule has 11 heteroatoms. The molecule has 10 nitrogen and oxygen atoms in total. The first-order valence-electron chi connectivity index (χ1n) is 11.8. The summed E-state index contributed by atoms with van der Waals surface area (Å²) in [4.78, 5) is 46.9. The number of aromatic carboxylic acids is 1. The molecule has 1 aliphatic heterocycles. The first kappa shape index (κ1) is 25.8. The van der Waals surface area contributed by atoms with E-state index in [1.807, 2.05) is 0 Å². The Morgan fingerprint density at radius 3 is 2.56 bits per heavy atom. The highest BCUT2D eigenvalue weighted by Crippen LogP contribution is 2.43. The Morgan fingerprint density at radius 2 is 1.85 bits per heavy atom. The Bertz CT molecular complexity index is 1680. The van der Waals surface area contributed by atoms with Crippen LogP contribution in [0.2, 0.25) is 5.02 Å². The number of ketones is 1. The number of carbonyl (C=O) groups excluding carboxylic acids is 2. The highest BCUT2D eigenvalue weighted by atomic mass is 35.5. The molecule has 4 aromatic rings. The average Bonchev–Trinajstić information content (AvgIpc) is 3.47. The Hall–Kier alpha value is -4.83. The number of hydrogen-bond donors (Lipinski definition) is 3. The molecule has 1 saturated heterocycles. The van der Waals surface area contributed by atoms with Crippen molar-refractivity contribution in [1.82, 2.24) is 9.97 Å². The number of aliphatic hydroxyl groups is 1. The second kappa shape index (κ2) is 10.1. The van der Waals surface area contributed by atoms with Crippen LogP contribution in [0.5, 0.6) is 11.5 Å². The van der Waals surface area contributed by atoms with Crippen molar-refractivity contribution in [3.63, 3.8) is 0 Å². The monoisotopic (exact) mass is 547 g/mol. The minimum atomic E-state index is -1.13. The van der Waals surface area contributed by atoms with Gasteiger partial charge in [0.1, 0.15) is 17.3 Å².